The molecule has 7 N–H and O–H groups in total. The molecule has 0 aliphatic carbocycles. The van der Waals surface area contributed by atoms with E-state index in [1.807, 2.05) is 44.2 Å². The average molecular weight is 567 g/mol. The minimum Gasteiger partial charge on any atom is -0.508 e. The first-order chi connectivity index (χ1) is 19.4. The molecular formula is C29H38N6O6. The van der Waals surface area contributed by atoms with Gasteiger partial charge in [-0.2, -0.15) is 0 Å². The Morgan fingerprint density at radius 1 is 0.976 bits per heavy atom. The van der Waals surface area contributed by atoms with Crippen molar-refractivity contribution in [2.24, 2.45) is 5.73 Å². The predicted molar refractivity (Wildman–Crippen MR) is 151 cm³/mol. The van der Waals surface area contributed by atoms with Gasteiger partial charge in [-0.15, -0.1) is 0 Å². The van der Waals surface area contributed by atoms with Crippen LogP contribution in [0.15, 0.2) is 54.6 Å². The number of piperazine rings is 1. The monoisotopic (exact) mass is 566 g/mol. The maximum atomic E-state index is 13.6. The number of aromatic hydroxyl groups is 1. The zero-order valence-corrected chi connectivity index (χ0v) is 23.5. The van der Waals surface area contributed by atoms with Crippen molar-refractivity contribution < 1.29 is 29.1 Å². The van der Waals surface area contributed by atoms with Crippen LogP contribution in [0.1, 0.15) is 31.9 Å². The van der Waals surface area contributed by atoms with E-state index < -0.39 is 53.8 Å². The molecule has 41 heavy (non-hydrogen) atoms. The Labute approximate surface area is 239 Å². The number of rotatable bonds is 11. The molecule has 0 spiro atoms. The van der Waals surface area contributed by atoms with Crippen LogP contribution in [0.4, 0.5) is 0 Å². The Morgan fingerprint density at radius 2 is 1.61 bits per heavy atom. The molecule has 1 saturated heterocycles. The number of carbonyl (C=O) groups excluding carboxylic acids is 5. The normalized spacial score (nSPS) is 16.5. The van der Waals surface area contributed by atoms with Gasteiger partial charge in [-0.3, -0.25) is 24.0 Å². The summed E-state index contributed by atoms with van der Waals surface area (Å²) in [6.45, 7) is 4.85. The summed E-state index contributed by atoms with van der Waals surface area (Å²) in [4.78, 5) is 65.0. The number of nitrogens with two attached hydrogens (primary N) is 1. The molecule has 0 aromatic heterocycles. The van der Waals surface area contributed by atoms with E-state index in [0.29, 0.717) is 0 Å². The highest BCUT2D eigenvalue weighted by Crippen LogP contribution is 2.19. The molecule has 3 atom stereocenters. The number of nitrogens with one attached hydrogen (secondary N) is 4. The number of phenolic OH excluding ortho intramolecular Hbond substituents is 1. The van der Waals surface area contributed by atoms with E-state index in [-0.39, 0.29) is 37.6 Å². The highest BCUT2D eigenvalue weighted by atomic mass is 16.3. The summed E-state index contributed by atoms with van der Waals surface area (Å²) in [5, 5.41) is 19.8. The molecule has 12 nitrogen and oxygen atoms in total. The van der Waals surface area contributed by atoms with E-state index in [0.717, 1.165) is 11.1 Å². The number of amides is 5. The van der Waals surface area contributed by atoms with Crippen molar-refractivity contribution in [1.82, 2.24) is 26.2 Å². The van der Waals surface area contributed by atoms with Gasteiger partial charge in [0.25, 0.3) is 0 Å². The van der Waals surface area contributed by atoms with Gasteiger partial charge in [-0.05, 0) is 50.5 Å². The fourth-order valence-electron chi connectivity index (χ4n) is 4.37. The van der Waals surface area contributed by atoms with Gasteiger partial charge in [-0.25, -0.2) is 0 Å². The molecule has 12 heteroatoms. The molecule has 0 unspecified atom stereocenters. The largest absolute Gasteiger partial charge is 0.508 e. The van der Waals surface area contributed by atoms with Gasteiger partial charge >= 0.3 is 0 Å². The van der Waals surface area contributed by atoms with Crippen molar-refractivity contribution in [3.63, 3.8) is 0 Å². The van der Waals surface area contributed by atoms with Crippen LogP contribution < -0.4 is 27.0 Å². The molecule has 1 fully saturated rings. The third kappa shape index (κ3) is 9.04. The maximum Gasteiger partial charge on any atom is 0.246 e. The third-order valence-corrected chi connectivity index (χ3v) is 6.84. The smallest absolute Gasteiger partial charge is 0.246 e. The first kappa shape index (κ1) is 31.1. The van der Waals surface area contributed by atoms with Crippen LogP contribution in [-0.2, 0) is 36.8 Å². The fourth-order valence-corrected chi connectivity index (χ4v) is 4.37. The number of hydrogen-bond acceptors (Lipinski definition) is 7. The topological polar surface area (TPSA) is 183 Å². The summed E-state index contributed by atoms with van der Waals surface area (Å²) in [6, 6.07) is 12.5. The van der Waals surface area contributed by atoms with Crippen molar-refractivity contribution >= 4 is 29.5 Å². The van der Waals surface area contributed by atoms with Crippen LogP contribution in [0.3, 0.4) is 0 Å². The average Bonchev–Trinajstić information content (AvgIpc) is 2.94. The van der Waals surface area contributed by atoms with Crippen molar-refractivity contribution in [2.75, 3.05) is 19.6 Å². The SMILES string of the molecule is C[C@@H](NC(=O)[C@@H](N)Cc1ccc(O)cc1)C(=O)NCC(=O)N[C@@H](Cc1ccccc1)C(=O)N1CC(=O)NCC1(C)C. The molecule has 0 saturated carbocycles. The molecule has 1 aliphatic heterocycles. The van der Waals surface area contributed by atoms with Gasteiger partial charge < -0.3 is 37.0 Å². The number of nitrogens with zero attached hydrogens (tertiary/aromatic N) is 1. The third-order valence-electron chi connectivity index (χ3n) is 6.84. The van der Waals surface area contributed by atoms with Gasteiger partial charge in [0.05, 0.1) is 18.1 Å². The number of carbonyl (C=O) groups is 5. The lowest BCUT2D eigenvalue weighted by molar-refractivity contribution is -0.147. The molecule has 0 bridgehead atoms. The second kappa shape index (κ2) is 13.8. The number of hydrogen-bond donors (Lipinski definition) is 6. The second-order valence-electron chi connectivity index (χ2n) is 10.7. The lowest BCUT2D eigenvalue weighted by Crippen LogP contribution is -2.65. The van der Waals surface area contributed by atoms with E-state index in [4.69, 9.17) is 5.73 Å². The summed E-state index contributed by atoms with van der Waals surface area (Å²) >= 11 is 0. The Bertz CT molecular complexity index is 1250. The summed E-state index contributed by atoms with van der Waals surface area (Å²) in [6.07, 6.45) is 0.397. The van der Waals surface area contributed by atoms with Crippen LogP contribution >= 0.6 is 0 Å². The van der Waals surface area contributed by atoms with E-state index in [1.165, 1.54) is 24.0 Å². The van der Waals surface area contributed by atoms with Crippen LogP contribution in [-0.4, -0.2) is 82.8 Å². The van der Waals surface area contributed by atoms with Gasteiger partial charge in [0, 0.05) is 13.0 Å². The van der Waals surface area contributed by atoms with Crippen LogP contribution in [0.25, 0.3) is 0 Å². The lowest BCUT2D eigenvalue weighted by Gasteiger charge is -2.43. The van der Waals surface area contributed by atoms with Gasteiger partial charge in [-0.1, -0.05) is 42.5 Å². The van der Waals surface area contributed by atoms with Gasteiger partial charge in [0.15, 0.2) is 0 Å². The first-order valence-corrected chi connectivity index (χ1v) is 13.4. The lowest BCUT2D eigenvalue weighted by atomic mass is 9.96. The van der Waals surface area contributed by atoms with Crippen LogP contribution in [0.5, 0.6) is 5.75 Å². The predicted octanol–water partition coefficient (Wildman–Crippen LogP) is -0.653. The van der Waals surface area contributed by atoms with Crippen molar-refractivity contribution in [1.29, 1.82) is 0 Å². The number of benzene rings is 2. The second-order valence-corrected chi connectivity index (χ2v) is 10.7. The van der Waals surface area contributed by atoms with Gasteiger partial charge in [0.2, 0.25) is 29.5 Å². The molecule has 2 aromatic rings. The van der Waals surface area contributed by atoms with Crippen molar-refractivity contribution in [2.45, 2.75) is 57.3 Å². The zero-order chi connectivity index (χ0) is 30.2. The highest BCUT2D eigenvalue weighted by molar-refractivity contribution is 5.94. The van der Waals surface area contributed by atoms with E-state index in [2.05, 4.69) is 21.3 Å². The van der Waals surface area contributed by atoms with Crippen LogP contribution in [0.2, 0.25) is 0 Å². The molecule has 5 amide bonds. The Morgan fingerprint density at radius 3 is 2.27 bits per heavy atom. The molecule has 1 heterocycles. The highest BCUT2D eigenvalue weighted by Gasteiger charge is 2.39. The first-order valence-electron chi connectivity index (χ1n) is 13.4. The summed E-state index contributed by atoms with van der Waals surface area (Å²) in [7, 11) is 0. The fraction of sp³-hybridized carbons (Fsp3) is 0.414. The zero-order valence-electron chi connectivity index (χ0n) is 23.5. The molecule has 220 valence electrons. The molecule has 3 rings (SSSR count). The van der Waals surface area contributed by atoms with Crippen molar-refractivity contribution in [3.8, 4) is 5.75 Å². The Kier molecular flexibility index (Phi) is 10.4. The quantitative estimate of drug-likeness (QED) is 0.209. The van der Waals surface area contributed by atoms with E-state index >= 15 is 0 Å². The number of phenols is 1. The van der Waals surface area contributed by atoms with Gasteiger partial charge in [0.1, 0.15) is 24.4 Å². The Hall–Kier alpha value is -4.45. The summed E-state index contributed by atoms with van der Waals surface area (Å²) in [5.41, 5.74) is 6.86. The van der Waals surface area contributed by atoms with E-state index in [1.54, 1.807) is 12.1 Å². The maximum absolute atomic E-state index is 13.6. The van der Waals surface area contributed by atoms with Crippen LogP contribution in [0, 0.1) is 0 Å². The summed E-state index contributed by atoms with van der Waals surface area (Å²) < 4.78 is 0. The standard InChI is InChI=1S/C29H38N6O6/c1-18(33-27(40)22(30)13-20-9-11-21(36)12-10-20)26(39)31-15-24(37)34-23(14-19-7-5-4-6-8-19)28(41)35-16-25(38)32-17-29(35,2)3/h4-12,18,22-23,36H,13-17,30H2,1-3H3,(H,31,39)(H,32,38)(H,33,40)(H,34,37)/t18-,22+,23+/m1/s1. The molecule has 1 aliphatic rings. The van der Waals surface area contributed by atoms with Crippen molar-refractivity contribution in [3.05, 3.63) is 65.7 Å². The Balaban J connectivity index is 1.56. The minimum atomic E-state index is -0.976. The summed E-state index contributed by atoms with van der Waals surface area (Å²) in [5.74, 6) is -2.35. The minimum absolute atomic E-state index is 0.0968. The molecular weight excluding hydrogens is 528 g/mol. The van der Waals surface area contributed by atoms with E-state index in [9.17, 15) is 29.1 Å². The molecule has 2 aromatic carbocycles. The molecule has 0 radical (unpaired) electrons.